The number of hydrogen-bond donors (Lipinski definition) is 2. The highest BCUT2D eigenvalue weighted by molar-refractivity contribution is 8.12. The fourth-order valence-corrected chi connectivity index (χ4v) is 1.41. The van der Waals surface area contributed by atoms with Crippen LogP contribution in [0, 0.1) is 0 Å². The maximum atomic E-state index is 10.4. The third kappa shape index (κ3) is 3.14. The first-order chi connectivity index (χ1) is 6.59. The minimum Gasteiger partial charge on any atom is -0.478 e. The summed E-state index contributed by atoms with van der Waals surface area (Å²) in [6.45, 7) is 3.39. The summed E-state index contributed by atoms with van der Waals surface area (Å²) in [5.41, 5.74) is 7.83. The van der Waals surface area contributed by atoms with Crippen LogP contribution in [0.2, 0.25) is 0 Å². The van der Waals surface area contributed by atoms with Crippen molar-refractivity contribution in [2.45, 2.75) is 6.42 Å². The van der Waals surface area contributed by atoms with Gasteiger partial charge in [-0.2, -0.15) is 5.10 Å². The molecule has 0 saturated heterocycles. The van der Waals surface area contributed by atoms with Crippen molar-refractivity contribution in [1.82, 2.24) is 5.01 Å². The molecule has 76 valence electrons. The maximum Gasteiger partial charge on any atom is 0.331 e. The second-order valence-corrected chi connectivity index (χ2v) is 3.55. The van der Waals surface area contributed by atoms with Gasteiger partial charge in [0.05, 0.1) is 11.4 Å². The number of aliphatic carboxylic acids is 1. The quantitative estimate of drug-likeness (QED) is 0.674. The van der Waals surface area contributed by atoms with Gasteiger partial charge in [-0.1, -0.05) is 18.3 Å². The smallest absolute Gasteiger partial charge is 0.331 e. The molecule has 0 atom stereocenters. The zero-order valence-corrected chi connectivity index (χ0v) is 8.33. The Balaban J connectivity index is 2.48. The molecule has 0 spiro atoms. The predicted octanol–water partition coefficient (Wildman–Crippen LogP) is 0.767. The van der Waals surface area contributed by atoms with Crippen LogP contribution in [0.3, 0.4) is 0 Å². The van der Waals surface area contributed by atoms with E-state index >= 15 is 0 Å². The van der Waals surface area contributed by atoms with Crippen molar-refractivity contribution in [2.24, 2.45) is 10.8 Å². The number of carbonyl (C=O) groups is 1. The highest BCUT2D eigenvalue weighted by Crippen LogP contribution is 2.12. The van der Waals surface area contributed by atoms with Crippen LogP contribution in [0.15, 0.2) is 29.2 Å². The molecular weight excluding hydrogens is 202 g/mol. The number of allylic oxidation sites excluding steroid dienone is 1. The number of nitrogens with zero attached hydrogens (tertiary/aromatic N) is 2. The molecular formula is C8H11N3O2S. The molecule has 0 fully saturated rings. The van der Waals surface area contributed by atoms with Crippen LogP contribution in [0.5, 0.6) is 0 Å². The molecule has 0 unspecified atom stereocenters. The Morgan fingerprint density at radius 2 is 2.57 bits per heavy atom. The van der Waals surface area contributed by atoms with Gasteiger partial charge in [-0.25, -0.2) is 4.79 Å². The number of carboxylic acids is 1. The van der Waals surface area contributed by atoms with E-state index in [1.807, 2.05) is 0 Å². The van der Waals surface area contributed by atoms with Crippen molar-refractivity contribution in [1.29, 1.82) is 0 Å². The summed E-state index contributed by atoms with van der Waals surface area (Å²) >= 11 is 1.54. The summed E-state index contributed by atoms with van der Waals surface area (Å²) < 4.78 is 0. The molecule has 0 bridgehead atoms. The molecule has 6 heteroatoms. The van der Waals surface area contributed by atoms with E-state index in [9.17, 15) is 4.79 Å². The van der Waals surface area contributed by atoms with Crippen molar-refractivity contribution < 1.29 is 9.90 Å². The lowest BCUT2D eigenvalue weighted by Gasteiger charge is -2.08. The SMILES string of the molecule is C=C(CC(N)=CN1CSC=N1)C(=O)O. The van der Waals surface area contributed by atoms with Gasteiger partial charge in [-0.05, 0) is 0 Å². The number of hydrazone groups is 1. The lowest BCUT2D eigenvalue weighted by Crippen LogP contribution is -2.11. The van der Waals surface area contributed by atoms with Crippen molar-refractivity contribution in [3.8, 4) is 0 Å². The predicted molar refractivity (Wildman–Crippen MR) is 56.5 cm³/mol. The Kier molecular flexibility index (Phi) is 3.58. The van der Waals surface area contributed by atoms with Crippen molar-refractivity contribution in [3.63, 3.8) is 0 Å². The maximum absolute atomic E-state index is 10.4. The fourth-order valence-electron chi connectivity index (χ4n) is 0.867. The summed E-state index contributed by atoms with van der Waals surface area (Å²) in [7, 11) is 0. The van der Waals surface area contributed by atoms with E-state index in [0.717, 1.165) is 0 Å². The van der Waals surface area contributed by atoms with Gasteiger partial charge in [0.15, 0.2) is 0 Å². The van der Waals surface area contributed by atoms with Crippen LogP contribution in [-0.2, 0) is 4.79 Å². The van der Waals surface area contributed by atoms with E-state index in [1.54, 1.807) is 28.5 Å². The highest BCUT2D eigenvalue weighted by Gasteiger charge is 2.07. The number of carboxylic acid groups (broad SMARTS) is 1. The molecule has 14 heavy (non-hydrogen) atoms. The topological polar surface area (TPSA) is 78.9 Å². The van der Waals surface area contributed by atoms with Crippen molar-refractivity contribution in [3.05, 3.63) is 24.0 Å². The van der Waals surface area contributed by atoms with Gasteiger partial charge in [0, 0.05) is 23.9 Å². The molecule has 1 heterocycles. The zero-order chi connectivity index (χ0) is 10.6. The molecule has 0 aromatic heterocycles. The third-order valence-electron chi connectivity index (χ3n) is 1.51. The van der Waals surface area contributed by atoms with Gasteiger partial charge in [0.25, 0.3) is 0 Å². The molecule has 5 nitrogen and oxygen atoms in total. The molecule has 3 N–H and O–H groups in total. The van der Waals surface area contributed by atoms with Crippen LogP contribution in [0.25, 0.3) is 0 Å². The first-order valence-corrected chi connectivity index (χ1v) is 4.92. The van der Waals surface area contributed by atoms with Crippen molar-refractivity contribution in [2.75, 3.05) is 5.88 Å². The molecule has 0 radical (unpaired) electrons. The Morgan fingerprint density at radius 1 is 1.86 bits per heavy atom. The Morgan fingerprint density at radius 3 is 3.07 bits per heavy atom. The summed E-state index contributed by atoms with van der Waals surface area (Å²) in [6.07, 6.45) is 1.77. The van der Waals surface area contributed by atoms with Gasteiger partial charge >= 0.3 is 5.97 Å². The van der Waals surface area contributed by atoms with Crippen LogP contribution in [-0.4, -0.2) is 27.5 Å². The van der Waals surface area contributed by atoms with E-state index in [0.29, 0.717) is 11.6 Å². The average Bonchev–Trinajstić information content (AvgIpc) is 2.56. The molecule has 1 rings (SSSR count). The normalized spacial score (nSPS) is 16.0. The lowest BCUT2D eigenvalue weighted by molar-refractivity contribution is -0.132. The molecule has 0 aliphatic carbocycles. The minimum atomic E-state index is -1.03. The van der Waals surface area contributed by atoms with Gasteiger partial charge in [-0.15, -0.1) is 0 Å². The van der Waals surface area contributed by atoms with Crippen molar-refractivity contribution >= 4 is 23.3 Å². The second kappa shape index (κ2) is 4.71. The Hall–Kier alpha value is -1.43. The number of hydrogen-bond acceptors (Lipinski definition) is 5. The first-order valence-electron chi connectivity index (χ1n) is 3.87. The molecule has 0 saturated carbocycles. The number of nitrogens with two attached hydrogens (primary N) is 1. The van der Waals surface area contributed by atoms with E-state index in [2.05, 4.69) is 11.7 Å². The van der Waals surface area contributed by atoms with Gasteiger partial charge in [-0.3, -0.25) is 5.01 Å². The van der Waals surface area contributed by atoms with Gasteiger partial charge in [0.1, 0.15) is 0 Å². The zero-order valence-electron chi connectivity index (χ0n) is 7.51. The molecule has 1 aliphatic rings. The summed E-state index contributed by atoms with van der Waals surface area (Å²) in [5.74, 6) is -0.319. The molecule has 0 aromatic carbocycles. The Bertz CT molecular complexity index is 312. The summed E-state index contributed by atoms with van der Waals surface area (Å²) in [4.78, 5) is 10.4. The fraction of sp³-hybridized carbons (Fsp3) is 0.250. The number of thioether (sulfide) groups is 1. The van der Waals surface area contributed by atoms with E-state index < -0.39 is 5.97 Å². The minimum absolute atomic E-state index is 0.0783. The molecule has 0 aromatic rings. The third-order valence-corrected chi connectivity index (χ3v) is 2.17. The van der Waals surface area contributed by atoms with Gasteiger partial charge in [0.2, 0.25) is 0 Å². The lowest BCUT2D eigenvalue weighted by atomic mass is 10.2. The first kappa shape index (κ1) is 10.6. The standard InChI is InChI=1S/C8H11N3O2S/c1-6(8(12)13)2-7(9)3-11-5-14-4-10-11/h3-4H,1-2,5,9H2,(H,12,13). The second-order valence-electron chi connectivity index (χ2n) is 2.75. The number of rotatable bonds is 4. The van der Waals surface area contributed by atoms with Gasteiger partial charge < -0.3 is 10.8 Å². The monoisotopic (exact) mass is 213 g/mol. The summed E-state index contributed by atoms with van der Waals surface area (Å²) in [6, 6.07) is 0. The van der Waals surface area contributed by atoms with Crippen LogP contribution in [0.4, 0.5) is 0 Å². The Labute approximate surface area is 86.0 Å². The van der Waals surface area contributed by atoms with Crippen LogP contribution < -0.4 is 5.73 Å². The molecule has 1 aliphatic heterocycles. The van der Waals surface area contributed by atoms with Crippen LogP contribution >= 0.6 is 11.8 Å². The molecule has 0 amide bonds. The van der Waals surface area contributed by atoms with E-state index in [4.69, 9.17) is 10.8 Å². The van der Waals surface area contributed by atoms with E-state index in [-0.39, 0.29) is 12.0 Å². The summed E-state index contributed by atoms with van der Waals surface area (Å²) in [5, 5.41) is 14.2. The largest absolute Gasteiger partial charge is 0.478 e. The average molecular weight is 213 g/mol. The van der Waals surface area contributed by atoms with Crippen LogP contribution in [0.1, 0.15) is 6.42 Å². The highest BCUT2D eigenvalue weighted by atomic mass is 32.2. The van der Waals surface area contributed by atoms with E-state index in [1.165, 1.54) is 0 Å².